The van der Waals surface area contributed by atoms with Gasteiger partial charge in [0.1, 0.15) is 0 Å². The maximum atomic E-state index is 5.94. The second kappa shape index (κ2) is 4.78. The smallest absolute Gasteiger partial charge is 0.0826 e. The van der Waals surface area contributed by atoms with Gasteiger partial charge in [0.25, 0.3) is 0 Å². The molecule has 78 valence electrons. The zero-order valence-corrected chi connectivity index (χ0v) is 9.09. The van der Waals surface area contributed by atoms with Crippen molar-refractivity contribution in [3.05, 3.63) is 35.4 Å². The molecule has 2 nitrogen and oxygen atoms in total. The summed E-state index contributed by atoms with van der Waals surface area (Å²) >= 11 is 0. The van der Waals surface area contributed by atoms with Gasteiger partial charge in [0.15, 0.2) is 0 Å². The molecule has 1 aromatic carbocycles. The van der Waals surface area contributed by atoms with Crippen LogP contribution in [0.2, 0.25) is 0 Å². The Balaban J connectivity index is 0.000000980. The van der Waals surface area contributed by atoms with E-state index in [4.69, 9.17) is 10.5 Å². The first kappa shape index (κ1) is 11.5. The summed E-state index contributed by atoms with van der Waals surface area (Å²) in [6.07, 6.45) is 1.26. The van der Waals surface area contributed by atoms with Crippen molar-refractivity contribution in [2.24, 2.45) is 5.73 Å². The summed E-state index contributed by atoms with van der Waals surface area (Å²) in [5, 5.41) is 0. The summed E-state index contributed by atoms with van der Waals surface area (Å²) in [5.74, 6) is 0. The maximum Gasteiger partial charge on any atom is 0.0826 e. The molecule has 14 heavy (non-hydrogen) atoms. The summed E-state index contributed by atoms with van der Waals surface area (Å²) in [6, 6.07) is 8.35. The molecule has 0 aliphatic carbocycles. The zero-order valence-electron chi connectivity index (χ0n) is 8.27. The summed E-state index contributed by atoms with van der Waals surface area (Å²) in [5.41, 5.74) is 8.46. The Morgan fingerprint density at radius 1 is 1.36 bits per heavy atom. The standard InChI is InChI=1S/C11H15NO.ClH/c1-2-11-9-6-4-3-5-8(9)10(12)7-13-11;/h3-6,10-11H,2,7,12H2,1H3;1H. The average Bonchev–Trinajstić information content (AvgIpc) is 2.19. The van der Waals surface area contributed by atoms with Crippen LogP contribution in [0.5, 0.6) is 0 Å². The first-order chi connectivity index (χ1) is 6.33. The van der Waals surface area contributed by atoms with Crippen molar-refractivity contribution in [2.75, 3.05) is 6.61 Å². The third-order valence-electron chi connectivity index (χ3n) is 2.59. The van der Waals surface area contributed by atoms with Crippen molar-refractivity contribution in [1.82, 2.24) is 0 Å². The number of benzene rings is 1. The normalized spacial score (nSPS) is 25.0. The molecule has 0 amide bonds. The van der Waals surface area contributed by atoms with E-state index in [0.29, 0.717) is 6.61 Å². The van der Waals surface area contributed by atoms with Crippen LogP contribution in [0.25, 0.3) is 0 Å². The van der Waals surface area contributed by atoms with E-state index in [1.807, 2.05) is 12.1 Å². The summed E-state index contributed by atoms with van der Waals surface area (Å²) in [7, 11) is 0. The van der Waals surface area contributed by atoms with Gasteiger partial charge in [-0.2, -0.15) is 0 Å². The number of fused-ring (bicyclic) bond motifs is 1. The topological polar surface area (TPSA) is 35.2 Å². The quantitative estimate of drug-likeness (QED) is 0.779. The molecular weight excluding hydrogens is 198 g/mol. The lowest BCUT2D eigenvalue weighted by Crippen LogP contribution is -2.26. The van der Waals surface area contributed by atoms with Crippen LogP contribution in [0.15, 0.2) is 24.3 Å². The molecule has 2 unspecified atom stereocenters. The van der Waals surface area contributed by atoms with Gasteiger partial charge in [0.2, 0.25) is 0 Å². The Morgan fingerprint density at radius 3 is 2.64 bits per heavy atom. The third-order valence-corrected chi connectivity index (χ3v) is 2.59. The molecule has 0 bridgehead atoms. The molecule has 2 rings (SSSR count). The third kappa shape index (κ3) is 1.92. The van der Waals surface area contributed by atoms with Crippen molar-refractivity contribution in [2.45, 2.75) is 25.5 Å². The number of halogens is 1. The van der Waals surface area contributed by atoms with E-state index >= 15 is 0 Å². The molecule has 0 spiro atoms. The summed E-state index contributed by atoms with van der Waals surface area (Å²) < 4.78 is 5.64. The molecule has 1 aromatic rings. The fraction of sp³-hybridized carbons (Fsp3) is 0.455. The predicted octanol–water partition coefficient (Wildman–Crippen LogP) is 2.59. The Morgan fingerprint density at radius 2 is 2.00 bits per heavy atom. The van der Waals surface area contributed by atoms with Crippen LogP contribution in [0, 0.1) is 0 Å². The number of hydrogen-bond donors (Lipinski definition) is 1. The van der Waals surface area contributed by atoms with Crippen molar-refractivity contribution in [3.63, 3.8) is 0 Å². The van der Waals surface area contributed by atoms with Gasteiger partial charge in [0.05, 0.1) is 18.8 Å². The molecule has 1 aliphatic rings. The minimum atomic E-state index is 0. The average molecular weight is 214 g/mol. The second-order valence-corrected chi connectivity index (χ2v) is 3.47. The molecule has 2 atom stereocenters. The Bertz CT molecular complexity index is 303. The SMILES string of the molecule is CCC1OCC(N)c2ccccc21.Cl. The van der Waals surface area contributed by atoms with E-state index in [9.17, 15) is 0 Å². The fourth-order valence-corrected chi connectivity index (χ4v) is 1.88. The van der Waals surface area contributed by atoms with Crippen molar-refractivity contribution >= 4 is 12.4 Å². The molecule has 0 fully saturated rings. The molecular formula is C11H16ClNO. The molecule has 0 saturated carbocycles. The number of hydrogen-bond acceptors (Lipinski definition) is 2. The van der Waals surface area contributed by atoms with E-state index in [1.165, 1.54) is 11.1 Å². The minimum absolute atomic E-state index is 0. The molecule has 2 N–H and O–H groups in total. The highest BCUT2D eigenvalue weighted by Crippen LogP contribution is 2.32. The monoisotopic (exact) mass is 213 g/mol. The second-order valence-electron chi connectivity index (χ2n) is 3.47. The number of ether oxygens (including phenoxy) is 1. The Hall–Kier alpha value is -0.570. The predicted molar refractivity (Wildman–Crippen MR) is 59.6 cm³/mol. The lowest BCUT2D eigenvalue weighted by Gasteiger charge is -2.29. The molecule has 1 heterocycles. The fourth-order valence-electron chi connectivity index (χ4n) is 1.88. The van der Waals surface area contributed by atoms with Gasteiger partial charge in [0, 0.05) is 0 Å². The van der Waals surface area contributed by atoms with Gasteiger partial charge < -0.3 is 10.5 Å². The first-order valence-electron chi connectivity index (χ1n) is 4.79. The number of nitrogens with two attached hydrogens (primary N) is 1. The molecule has 0 aromatic heterocycles. The van der Waals surface area contributed by atoms with Crippen LogP contribution in [0.1, 0.15) is 36.6 Å². The van der Waals surface area contributed by atoms with E-state index in [0.717, 1.165) is 6.42 Å². The van der Waals surface area contributed by atoms with Crippen LogP contribution < -0.4 is 5.73 Å². The van der Waals surface area contributed by atoms with Crippen molar-refractivity contribution in [3.8, 4) is 0 Å². The van der Waals surface area contributed by atoms with Crippen molar-refractivity contribution in [1.29, 1.82) is 0 Å². The lowest BCUT2D eigenvalue weighted by molar-refractivity contribution is 0.0262. The highest BCUT2D eigenvalue weighted by Gasteiger charge is 2.23. The zero-order chi connectivity index (χ0) is 9.26. The number of rotatable bonds is 1. The minimum Gasteiger partial charge on any atom is -0.372 e. The van der Waals surface area contributed by atoms with E-state index < -0.39 is 0 Å². The summed E-state index contributed by atoms with van der Waals surface area (Å²) in [4.78, 5) is 0. The molecule has 0 radical (unpaired) electrons. The van der Waals surface area contributed by atoms with Gasteiger partial charge in [-0.1, -0.05) is 31.2 Å². The first-order valence-corrected chi connectivity index (χ1v) is 4.79. The molecule has 3 heteroatoms. The Labute approximate surface area is 90.9 Å². The highest BCUT2D eigenvalue weighted by atomic mass is 35.5. The van der Waals surface area contributed by atoms with Crippen LogP contribution in [-0.4, -0.2) is 6.61 Å². The van der Waals surface area contributed by atoms with Crippen LogP contribution in [0.4, 0.5) is 0 Å². The van der Waals surface area contributed by atoms with Gasteiger partial charge >= 0.3 is 0 Å². The van der Waals surface area contributed by atoms with Gasteiger partial charge in [-0.3, -0.25) is 0 Å². The summed E-state index contributed by atoms with van der Waals surface area (Å²) in [6.45, 7) is 2.79. The van der Waals surface area contributed by atoms with Crippen LogP contribution in [-0.2, 0) is 4.74 Å². The maximum absolute atomic E-state index is 5.94. The van der Waals surface area contributed by atoms with E-state index in [-0.39, 0.29) is 24.6 Å². The molecule has 0 saturated heterocycles. The Kier molecular flexibility index (Phi) is 3.93. The largest absolute Gasteiger partial charge is 0.372 e. The van der Waals surface area contributed by atoms with Crippen molar-refractivity contribution < 1.29 is 4.74 Å². The van der Waals surface area contributed by atoms with Gasteiger partial charge in [-0.15, -0.1) is 12.4 Å². The van der Waals surface area contributed by atoms with Gasteiger partial charge in [-0.25, -0.2) is 0 Å². The molecule has 1 aliphatic heterocycles. The van der Waals surface area contributed by atoms with E-state index in [2.05, 4.69) is 19.1 Å². The van der Waals surface area contributed by atoms with E-state index in [1.54, 1.807) is 0 Å². The van der Waals surface area contributed by atoms with Crippen LogP contribution >= 0.6 is 12.4 Å². The van der Waals surface area contributed by atoms with Gasteiger partial charge in [-0.05, 0) is 17.5 Å². The highest BCUT2D eigenvalue weighted by molar-refractivity contribution is 5.85. The van der Waals surface area contributed by atoms with Crippen LogP contribution in [0.3, 0.4) is 0 Å². The lowest BCUT2D eigenvalue weighted by atomic mass is 9.93.